The highest BCUT2D eigenvalue weighted by Crippen LogP contribution is 2.31. The Balaban J connectivity index is 2.71. The molecule has 18 heavy (non-hydrogen) atoms. The number of phenolic OH excluding ortho intramolecular Hbond substituents is 1. The maximum Gasteiger partial charge on any atom is 0.305 e. The molecular weight excluding hydrogens is 370 g/mol. The van der Waals surface area contributed by atoms with Crippen molar-refractivity contribution in [3.8, 4) is 11.5 Å². The molecule has 0 aliphatic rings. The van der Waals surface area contributed by atoms with Gasteiger partial charge < -0.3 is 14.4 Å². The van der Waals surface area contributed by atoms with Gasteiger partial charge in [-0.15, -0.1) is 0 Å². The molecule has 0 bridgehead atoms. The molecular formula is C11H12IO5P. The van der Waals surface area contributed by atoms with E-state index in [0.717, 1.165) is 0 Å². The topological polar surface area (TPSA) is 72.8 Å². The lowest BCUT2D eigenvalue weighted by Gasteiger charge is -2.06. The third kappa shape index (κ3) is 4.42. The van der Waals surface area contributed by atoms with E-state index in [-0.39, 0.29) is 36.4 Å². The average molecular weight is 382 g/mol. The molecule has 0 radical (unpaired) electrons. The van der Waals surface area contributed by atoms with Gasteiger partial charge in [0.1, 0.15) is 17.9 Å². The zero-order chi connectivity index (χ0) is 13.5. The molecule has 1 aromatic rings. The van der Waals surface area contributed by atoms with Crippen LogP contribution in [0.5, 0.6) is 11.5 Å². The number of hydrogen-bond acceptors (Lipinski definition) is 5. The van der Waals surface area contributed by atoms with Crippen molar-refractivity contribution in [2.24, 2.45) is 0 Å². The molecule has 1 rings (SSSR count). The van der Waals surface area contributed by atoms with Gasteiger partial charge in [0.05, 0.1) is 19.1 Å². The Labute approximate surface area is 119 Å². The predicted octanol–water partition coefficient (Wildman–Crippen LogP) is 2.85. The van der Waals surface area contributed by atoms with Crippen molar-refractivity contribution in [2.45, 2.75) is 12.8 Å². The molecule has 0 aromatic heterocycles. The molecule has 1 N–H and O–H groups in total. The number of carbonyl (C=O) groups excluding carboxylic acids is 2. The van der Waals surface area contributed by atoms with Crippen LogP contribution >= 0.6 is 28.5 Å². The van der Waals surface area contributed by atoms with Gasteiger partial charge in [-0.05, 0) is 34.2 Å². The molecule has 1 unspecified atom stereocenters. The maximum absolute atomic E-state index is 11.7. The number of ketones is 1. The number of rotatable bonds is 6. The number of phenols is 1. The number of benzene rings is 1. The van der Waals surface area contributed by atoms with Crippen LogP contribution in [0.4, 0.5) is 0 Å². The number of hydrogen-bond donors (Lipinski definition) is 1. The first-order chi connectivity index (χ1) is 8.58. The summed E-state index contributed by atoms with van der Waals surface area (Å²) in [6.45, 7) is 0.232. The summed E-state index contributed by atoms with van der Waals surface area (Å²) in [5.41, 5.74) is 0.183. The molecule has 98 valence electrons. The lowest BCUT2D eigenvalue weighted by atomic mass is 10.1. The monoisotopic (exact) mass is 382 g/mol. The largest absolute Gasteiger partial charge is 0.507 e. The van der Waals surface area contributed by atoms with Crippen LogP contribution in [0.1, 0.15) is 23.2 Å². The van der Waals surface area contributed by atoms with Gasteiger partial charge in [-0.3, -0.25) is 9.59 Å². The van der Waals surface area contributed by atoms with Crippen molar-refractivity contribution >= 4 is 40.2 Å². The minimum Gasteiger partial charge on any atom is -0.507 e. The molecule has 0 aliphatic heterocycles. The fraction of sp³-hybridized carbons (Fsp3) is 0.273. The summed E-state index contributed by atoms with van der Waals surface area (Å²) < 4.78 is 9.65. The van der Waals surface area contributed by atoms with Crippen molar-refractivity contribution in [2.75, 3.05) is 7.11 Å². The molecule has 1 atom stereocenters. The predicted molar refractivity (Wildman–Crippen MR) is 76.7 cm³/mol. The first-order valence-electron chi connectivity index (χ1n) is 5.04. The maximum atomic E-state index is 11.7. The summed E-state index contributed by atoms with van der Waals surface area (Å²) in [5.74, 6) is -0.392. The van der Waals surface area contributed by atoms with Gasteiger partial charge in [0.2, 0.25) is 0 Å². The molecule has 1 aromatic carbocycles. The van der Waals surface area contributed by atoms with E-state index in [1.807, 2.05) is 0 Å². The normalized spacial score (nSPS) is 10.6. The van der Waals surface area contributed by atoms with Crippen molar-refractivity contribution in [3.63, 3.8) is 0 Å². The van der Waals surface area contributed by atoms with Crippen molar-refractivity contribution < 1.29 is 24.0 Å². The van der Waals surface area contributed by atoms with E-state index < -0.39 is 5.97 Å². The van der Waals surface area contributed by atoms with Gasteiger partial charge in [0.15, 0.2) is 5.78 Å². The minimum atomic E-state index is -0.450. The smallest absolute Gasteiger partial charge is 0.305 e. The molecule has 7 heteroatoms. The van der Waals surface area contributed by atoms with Crippen LogP contribution in [0.15, 0.2) is 18.2 Å². The van der Waals surface area contributed by atoms with Crippen LogP contribution < -0.4 is 4.52 Å². The molecule has 0 aliphatic carbocycles. The molecule has 0 saturated carbocycles. The number of halogens is 1. The lowest BCUT2D eigenvalue weighted by molar-refractivity contribution is -0.140. The number of Topliss-reactive ketones (excluding diaryl/α,β-unsaturated/α-hetero) is 1. The van der Waals surface area contributed by atoms with Crippen molar-refractivity contribution in [3.05, 3.63) is 23.8 Å². The second-order valence-electron chi connectivity index (χ2n) is 3.36. The third-order valence-corrected chi connectivity index (χ3v) is 3.18. The molecule has 0 fully saturated rings. The minimum absolute atomic E-state index is 0.00214. The van der Waals surface area contributed by atoms with Crippen LogP contribution in [-0.2, 0) is 9.53 Å². The molecule has 0 heterocycles. The Morgan fingerprint density at radius 1 is 1.39 bits per heavy atom. The van der Waals surface area contributed by atoms with Gasteiger partial charge in [0.25, 0.3) is 0 Å². The summed E-state index contributed by atoms with van der Waals surface area (Å²) in [4.78, 5) is 22.7. The summed E-state index contributed by atoms with van der Waals surface area (Å²) in [6.07, 6.45) is 0.0105. The van der Waals surface area contributed by atoms with E-state index in [1.165, 1.54) is 19.2 Å². The fourth-order valence-corrected chi connectivity index (χ4v) is 2.29. The zero-order valence-electron chi connectivity index (χ0n) is 9.60. The van der Waals surface area contributed by atoms with Crippen LogP contribution in [0.2, 0.25) is 0 Å². The number of ether oxygens (including phenoxy) is 1. The van der Waals surface area contributed by atoms with Gasteiger partial charge in [0, 0.05) is 12.5 Å². The second-order valence-corrected chi connectivity index (χ2v) is 5.04. The van der Waals surface area contributed by atoms with E-state index >= 15 is 0 Å². The lowest BCUT2D eigenvalue weighted by Crippen LogP contribution is -2.06. The number of methoxy groups -OCH3 is 1. The van der Waals surface area contributed by atoms with E-state index in [0.29, 0.717) is 5.75 Å². The SMILES string of the molecule is COC(=O)CCC(=O)c1ccc(OPI)cc1O. The first kappa shape index (κ1) is 15.2. The highest BCUT2D eigenvalue weighted by atomic mass is 127. The molecule has 5 nitrogen and oxygen atoms in total. The standard InChI is InChI=1S/C11H12IO5P/c1-16-11(15)5-4-9(13)8-3-2-7(17-18-12)6-10(8)14/h2-3,6,14,18H,4-5H2,1H3. The van der Waals surface area contributed by atoms with E-state index in [4.69, 9.17) is 4.52 Å². The van der Waals surface area contributed by atoms with E-state index in [2.05, 4.69) is 26.8 Å². The van der Waals surface area contributed by atoms with Crippen molar-refractivity contribution in [1.29, 1.82) is 0 Å². The number of aromatic hydroxyl groups is 1. The van der Waals surface area contributed by atoms with E-state index in [9.17, 15) is 14.7 Å². The number of esters is 1. The first-order valence-corrected chi connectivity index (χ1v) is 9.06. The Kier molecular flexibility index (Phi) is 6.35. The highest BCUT2D eigenvalue weighted by Gasteiger charge is 2.14. The van der Waals surface area contributed by atoms with Crippen LogP contribution in [0, 0.1) is 0 Å². The summed E-state index contributed by atoms with van der Waals surface area (Å²) in [7, 11) is 1.27. The number of carbonyl (C=O) groups is 2. The molecule has 0 amide bonds. The summed E-state index contributed by atoms with van der Waals surface area (Å²) >= 11 is 2.06. The van der Waals surface area contributed by atoms with Crippen LogP contribution in [0.25, 0.3) is 0 Å². The Morgan fingerprint density at radius 2 is 2.11 bits per heavy atom. The van der Waals surface area contributed by atoms with Crippen LogP contribution in [0.3, 0.4) is 0 Å². The Bertz CT molecular complexity index is 449. The second kappa shape index (κ2) is 7.53. The Morgan fingerprint density at radius 3 is 2.67 bits per heavy atom. The summed E-state index contributed by atoms with van der Waals surface area (Å²) in [5, 5.41) is 9.69. The average Bonchev–Trinajstić information content (AvgIpc) is 2.36. The van der Waals surface area contributed by atoms with Gasteiger partial charge in [-0.2, -0.15) is 0 Å². The van der Waals surface area contributed by atoms with Crippen LogP contribution in [-0.4, -0.2) is 24.0 Å². The highest BCUT2D eigenvalue weighted by molar-refractivity contribution is 14.2. The van der Waals surface area contributed by atoms with Crippen molar-refractivity contribution in [1.82, 2.24) is 0 Å². The van der Waals surface area contributed by atoms with E-state index in [1.54, 1.807) is 6.07 Å². The molecule has 0 spiro atoms. The van der Waals surface area contributed by atoms with Gasteiger partial charge in [-0.25, -0.2) is 0 Å². The quantitative estimate of drug-likeness (QED) is 0.355. The summed E-state index contributed by atoms with van der Waals surface area (Å²) in [6, 6.07) is 4.48. The third-order valence-electron chi connectivity index (χ3n) is 2.21. The Hall–Kier alpha value is -0.880. The van der Waals surface area contributed by atoms with Gasteiger partial charge >= 0.3 is 5.97 Å². The fourth-order valence-electron chi connectivity index (χ4n) is 1.31. The molecule has 0 saturated heterocycles. The zero-order valence-corrected chi connectivity index (χ0v) is 12.8. The van der Waals surface area contributed by atoms with Gasteiger partial charge in [-0.1, -0.05) is 0 Å².